The average molecular weight is 283 g/mol. The monoisotopic (exact) mass is 283 g/mol. The first-order valence-corrected chi connectivity index (χ1v) is 6.90. The standard InChI is InChI=1S/C14H15F2NOS/c1-2-12(17)14(13-4-3-7-19-13)18-9-5-6-10(15)11(16)8-9/h3-8,12,14H,2,17H2,1H3. The molecule has 2 unspecified atom stereocenters. The normalized spacial score (nSPS) is 14.1. The Morgan fingerprint density at radius 3 is 2.63 bits per heavy atom. The molecule has 5 heteroatoms. The summed E-state index contributed by atoms with van der Waals surface area (Å²) in [5.74, 6) is -1.53. The number of halogens is 2. The van der Waals surface area contributed by atoms with Crippen LogP contribution in [-0.2, 0) is 0 Å². The fourth-order valence-electron chi connectivity index (χ4n) is 1.72. The highest BCUT2D eigenvalue weighted by Gasteiger charge is 2.22. The second kappa shape index (κ2) is 6.12. The lowest BCUT2D eigenvalue weighted by Gasteiger charge is -2.23. The van der Waals surface area contributed by atoms with E-state index >= 15 is 0 Å². The van der Waals surface area contributed by atoms with Gasteiger partial charge in [0, 0.05) is 17.0 Å². The third kappa shape index (κ3) is 3.30. The van der Waals surface area contributed by atoms with Crippen LogP contribution in [0.25, 0.3) is 0 Å². The van der Waals surface area contributed by atoms with Crippen LogP contribution in [0.4, 0.5) is 8.78 Å². The quantitative estimate of drug-likeness (QED) is 0.903. The lowest BCUT2D eigenvalue weighted by molar-refractivity contribution is 0.173. The van der Waals surface area contributed by atoms with Crippen LogP contribution in [-0.4, -0.2) is 6.04 Å². The molecule has 2 rings (SSSR count). The summed E-state index contributed by atoms with van der Waals surface area (Å²) in [6.45, 7) is 1.96. The van der Waals surface area contributed by atoms with E-state index in [1.54, 1.807) is 0 Å². The van der Waals surface area contributed by atoms with E-state index in [9.17, 15) is 8.78 Å². The Balaban J connectivity index is 2.23. The molecule has 0 radical (unpaired) electrons. The summed E-state index contributed by atoms with van der Waals surface area (Å²) in [5.41, 5.74) is 6.04. The van der Waals surface area contributed by atoms with Crippen molar-refractivity contribution in [1.29, 1.82) is 0 Å². The SMILES string of the molecule is CCC(N)C(Oc1ccc(F)c(F)c1)c1cccs1. The van der Waals surface area contributed by atoms with Crippen molar-refractivity contribution < 1.29 is 13.5 Å². The second-order valence-electron chi connectivity index (χ2n) is 4.20. The predicted octanol–water partition coefficient (Wildman–Crippen LogP) is 3.88. The summed E-state index contributed by atoms with van der Waals surface area (Å²) in [4.78, 5) is 0.971. The Morgan fingerprint density at radius 2 is 2.05 bits per heavy atom. The molecule has 1 aromatic heterocycles. The number of rotatable bonds is 5. The number of ether oxygens (including phenoxy) is 1. The molecule has 2 N–H and O–H groups in total. The topological polar surface area (TPSA) is 35.2 Å². The third-order valence-electron chi connectivity index (χ3n) is 2.84. The van der Waals surface area contributed by atoms with Crippen molar-refractivity contribution in [2.45, 2.75) is 25.5 Å². The van der Waals surface area contributed by atoms with Gasteiger partial charge in [-0.1, -0.05) is 13.0 Å². The van der Waals surface area contributed by atoms with E-state index in [1.807, 2.05) is 24.4 Å². The van der Waals surface area contributed by atoms with Crippen LogP contribution in [0.2, 0.25) is 0 Å². The summed E-state index contributed by atoms with van der Waals surface area (Å²) < 4.78 is 31.8. The van der Waals surface area contributed by atoms with E-state index in [4.69, 9.17) is 10.5 Å². The molecule has 0 bridgehead atoms. The van der Waals surface area contributed by atoms with Crippen LogP contribution in [0.1, 0.15) is 24.3 Å². The lowest BCUT2D eigenvalue weighted by atomic mass is 10.1. The summed E-state index contributed by atoms with van der Waals surface area (Å²) >= 11 is 1.53. The Labute approximate surface area is 114 Å². The van der Waals surface area contributed by atoms with Gasteiger partial charge in [0.1, 0.15) is 11.9 Å². The number of nitrogens with two attached hydrogens (primary N) is 1. The van der Waals surface area contributed by atoms with Crippen molar-refractivity contribution in [3.63, 3.8) is 0 Å². The maximum Gasteiger partial charge on any atom is 0.162 e. The fourth-order valence-corrected chi connectivity index (χ4v) is 2.55. The minimum atomic E-state index is -0.924. The van der Waals surface area contributed by atoms with Crippen LogP contribution in [0.5, 0.6) is 5.75 Å². The second-order valence-corrected chi connectivity index (χ2v) is 5.18. The van der Waals surface area contributed by atoms with Crippen molar-refractivity contribution >= 4 is 11.3 Å². The van der Waals surface area contributed by atoms with Gasteiger partial charge in [-0.2, -0.15) is 0 Å². The van der Waals surface area contributed by atoms with Gasteiger partial charge in [-0.15, -0.1) is 11.3 Å². The van der Waals surface area contributed by atoms with E-state index < -0.39 is 11.6 Å². The van der Waals surface area contributed by atoms with Gasteiger partial charge < -0.3 is 10.5 Å². The molecule has 0 amide bonds. The van der Waals surface area contributed by atoms with Gasteiger partial charge in [-0.3, -0.25) is 0 Å². The summed E-state index contributed by atoms with van der Waals surface area (Å²) in [5, 5.41) is 1.93. The number of benzene rings is 1. The van der Waals surface area contributed by atoms with E-state index in [0.29, 0.717) is 0 Å². The number of thiophene rings is 1. The van der Waals surface area contributed by atoms with E-state index in [1.165, 1.54) is 17.4 Å². The van der Waals surface area contributed by atoms with Gasteiger partial charge in [0.25, 0.3) is 0 Å². The minimum absolute atomic E-state index is 0.202. The third-order valence-corrected chi connectivity index (χ3v) is 3.77. The van der Waals surface area contributed by atoms with Gasteiger partial charge in [-0.25, -0.2) is 8.78 Å². The van der Waals surface area contributed by atoms with Crippen molar-refractivity contribution in [2.75, 3.05) is 0 Å². The Kier molecular flexibility index (Phi) is 4.50. The predicted molar refractivity (Wildman–Crippen MR) is 72.3 cm³/mol. The molecule has 2 nitrogen and oxygen atoms in total. The molecule has 1 heterocycles. The van der Waals surface area contributed by atoms with Crippen molar-refractivity contribution in [3.8, 4) is 5.75 Å². The average Bonchev–Trinajstić information content (AvgIpc) is 2.93. The molecule has 0 fully saturated rings. The maximum absolute atomic E-state index is 13.2. The van der Waals surface area contributed by atoms with Crippen LogP contribution in [0, 0.1) is 11.6 Å². The molecule has 0 aliphatic rings. The van der Waals surface area contributed by atoms with Crippen LogP contribution < -0.4 is 10.5 Å². The fraction of sp³-hybridized carbons (Fsp3) is 0.286. The summed E-state index contributed by atoms with van der Waals surface area (Å²) in [6, 6.07) is 7.12. The molecule has 0 aliphatic heterocycles. The largest absolute Gasteiger partial charge is 0.483 e. The maximum atomic E-state index is 13.2. The van der Waals surface area contributed by atoms with Crippen molar-refractivity contribution in [1.82, 2.24) is 0 Å². The zero-order chi connectivity index (χ0) is 13.8. The van der Waals surface area contributed by atoms with Crippen LogP contribution in [0.15, 0.2) is 35.7 Å². The van der Waals surface area contributed by atoms with E-state index in [2.05, 4.69) is 0 Å². The molecular formula is C14H15F2NOS. The molecule has 19 heavy (non-hydrogen) atoms. The molecule has 0 saturated heterocycles. The van der Waals surface area contributed by atoms with Crippen LogP contribution in [0.3, 0.4) is 0 Å². The van der Waals surface area contributed by atoms with Gasteiger partial charge in [0.2, 0.25) is 0 Å². The zero-order valence-electron chi connectivity index (χ0n) is 10.5. The highest BCUT2D eigenvalue weighted by atomic mass is 32.1. The minimum Gasteiger partial charge on any atom is -0.483 e. The van der Waals surface area contributed by atoms with Crippen LogP contribution >= 0.6 is 11.3 Å². The molecule has 0 aliphatic carbocycles. The lowest BCUT2D eigenvalue weighted by Crippen LogP contribution is -2.30. The summed E-state index contributed by atoms with van der Waals surface area (Å²) in [6.07, 6.45) is 0.376. The Morgan fingerprint density at radius 1 is 1.26 bits per heavy atom. The Bertz CT molecular complexity index is 530. The molecule has 2 atom stereocenters. The first-order valence-electron chi connectivity index (χ1n) is 6.02. The molecular weight excluding hydrogens is 268 g/mol. The highest BCUT2D eigenvalue weighted by Crippen LogP contribution is 2.29. The van der Waals surface area contributed by atoms with Crippen molar-refractivity contribution in [2.24, 2.45) is 5.73 Å². The molecule has 0 spiro atoms. The molecule has 102 valence electrons. The Hall–Kier alpha value is -1.46. The first-order chi connectivity index (χ1) is 9.11. The highest BCUT2D eigenvalue weighted by molar-refractivity contribution is 7.10. The first kappa shape index (κ1) is 14.0. The van der Waals surface area contributed by atoms with E-state index in [-0.39, 0.29) is 17.9 Å². The number of hydrogen-bond acceptors (Lipinski definition) is 3. The molecule has 1 aromatic carbocycles. The number of hydrogen-bond donors (Lipinski definition) is 1. The zero-order valence-corrected chi connectivity index (χ0v) is 11.3. The van der Waals surface area contributed by atoms with Gasteiger partial charge in [0.05, 0.1) is 0 Å². The van der Waals surface area contributed by atoms with Crippen molar-refractivity contribution in [3.05, 3.63) is 52.2 Å². The molecule has 2 aromatic rings. The van der Waals surface area contributed by atoms with Gasteiger partial charge >= 0.3 is 0 Å². The van der Waals surface area contributed by atoms with Gasteiger partial charge in [0.15, 0.2) is 11.6 Å². The summed E-state index contributed by atoms with van der Waals surface area (Å²) in [7, 11) is 0. The smallest absolute Gasteiger partial charge is 0.162 e. The van der Waals surface area contributed by atoms with Gasteiger partial charge in [-0.05, 0) is 30.0 Å². The van der Waals surface area contributed by atoms with E-state index in [0.717, 1.165) is 23.4 Å². The molecule has 0 saturated carbocycles.